The molecule has 1 aromatic carbocycles. The summed E-state index contributed by atoms with van der Waals surface area (Å²) < 4.78 is 4.96. The summed E-state index contributed by atoms with van der Waals surface area (Å²) in [5.41, 5.74) is 2.18. The van der Waals surface area contributed by atoms with Crippen molar-refractivity contribution in [3.05, 3.63) is 59.9 Å². The van der Waals surface area contributed by atoms with Crippen LogP contribution in [0.1, 0.15) is 36.2 Å². The molecule has 0 saturated heterocycles. The Bertz CT molecular complexity index is 822. The van der Waals surface area contributed by atoms with Crippen LogP contribution in [0, 0.1) is 0 Å². The summed E-state index contributed by atoms with van der Waals surface area (Å²) >= 11 is 0. The molecule has 0 bridgehead atoms. The monoisotopic (exact) mass is 397 g/mol. The number of carbonyl (C=O) groups excluding carboxylic acids is 3. The third kappa shape index (κ3) is 6.71. The number of aromatic nitrogens is 1. The van der Waals surface area contributed by atoms with Crippen molar-refractivity contribution in [3.63, 3.8) is 0 Å². The maximum absolute atomic E-state index is 12.5. The van der Waals surface area contributed by atoms with Crippen molar-refractivity contribution < 1.29 is 19.1 Å². The van der Waals surface area contributed by atoms with Crippen molar-refractivity contribution in [3.8, 4) is 0 Å². The Morgan fingerprint density at radius 1 is 1.00 bits per heavy atom. The zero-order valence-electron chi connectivity index (χ0n) is 17.1. The zero-order chi connectivity index (χ0) is 21.2. The predicted molar refractivity (Wildman–Crippen MR) is 111 cm³/mol. The number of hydrogen-bond acceptors (Lipinski definition) is 5. The molecular formula is C22H27N3O4. The molecule has 0 aliphatic rings. The minimum Gasteiger partial charge on any atom is -0.462 e. The number of ether oxygens (including phenoxy) is 1. The van der Waals surface area contributed by atoms with Gasteiger partial charge in [-0.3, -0.25) is 14.6 Å². The first-order valence-electron chi connectivity index (χ1n) is 9.60. The Balaban J connectivity index is 1.92. The zero-order valence-corrected chi connectivity index (χ0v) is 17.1. The van der Waals surface area contributed by atoms with Gasteiger partial charge in [-0.25, -0.2) is 4.79 Å². The molecule has 0 saturated carbocycles. The molecule has 7 heteroatoms. The maximum Gasteiger partial charge on any atom is 0.338 e. The van der Waals surface area contributed by atoms with Gasteiger partial charge in [-0.2, -0.15) is 0 Å². The number of anilines is 1. The fourth-order valence-corrected chi connectivity index (χ4v) is 2.83. The van der Waals surface area contributed by atoms with Crippen molar-refractivity contribution in [2.75, 3.05) is 31.6 Å². The van der Waals surface area contributed by atoms with E-state index < -0.39 is 5.97 Å². The highest BCUT2D eigenvalue weighted by Crippen LogP contribution is 2.17. The third-order valence-electron chi connectivity index (χ3n) is 4.53. The number of likely N-dealkylation sites (N-methyl/N-ethyl adjacent to an activating group) is 1. The highest BCUT2D eigenvalue weighted by Gasteiger charge is 2.16. The number of benzene rings is 1. The predicted octanol–water partition coefficient (Wildman–Crippen LogP) is 2.70. The van der Waals surface area contributed by atoms with Gasteiger partial charge in [-0.15, -0.1) is 0 Å². The minimum atomic E-state index is -0.403. The summed E-state index contributed by atoms with van der Waals surface area (Å²) in [6.45, 7) is 4.37. The molecule has 29 heavy (non-hydrogen) atoms. The Hall–Kier alpha value is -3.22. The second-order valence-corrected chi connectivity index (χ2v) is 6.61. The van der Waals surface area contributed by atoms with E-state index in [0.717, 1.165) is 12.0 Å². The summed E-state index contributed by atoms with van der Waals surface area (Å²) in [4.78, 5) is 43.5. The Morgan fingerprint density at radius 3 is 2.24 bits per heavy atom. The number of rotatable bonds is 9. The van der Waals surface area contributed by atoms with Crippen LogP contribution < -0.4 is 4.90 Å². The van der Waals surface area contributed by atoms with Gasteiger partial charge in [0.2, 0.25) is 11.8 Å². The molecule has 154 valence electrons. The molecular weight excluding hydrogens is 370 g/mol. The lowest BCUT2D eigenvalue weighted by atomic mass is 10.2. The normalized spacial score (nSPS) is 10.3. The molecule has 1 heterocycles. The number of esters is 1. The molecule has 0 aliphatic heterocycles. The fraction of sp³-hybridized carbons (Fsp3) is 0.364. The van der Waals surface area contributed by atoms with Gasteiger partial charge < -0.3 is 14.5 Å². The molecule has 2 rings (SSSR count). The van der Waals surface area contributed by atoms with Crippen LogP contribution in [-0.4, -0.2) is 54.4 Å². The van der Waals surface area contributed by atoms with Crippen LogP contribution in [0.15, 0.2) is 48.8 Å². The summed E-state index contributed by atoms with van der Waals surface area (Å²) in [5, 5.41) is 0. The minimum absolute atomic E-state index is 0.0338. The number of nitrogens with zero attached hydrogens (tertiary/aromatic N) is 3. The largest absolute Gasteiger partial charge is 0.462 e. The maximum atomic E-state index is 12.5. The highest BCUT2D eigenvalue weighted by atomic mass is 16.5. The number of carbonyl (C=O) groups is 3. The van der Waals surface area contributed by atoms with Crippen LogP contribution in [-0.2, 0) is 20.7 Å². The van der Waals surface area contributed by atoms with Gasteiger partial charge in [0.05, 0.1) is 12.2 Å². The highest BCUT2D eigenvalue weighted by molar-refractivity contribution is 5.94. The molecule has 2 aromatic rings. The lowest BCUT2D eigenvalue weighted by Gasteiger charge is -2.23. The summed E-state index contributed by atoms with van der Waals surface area (Å²) in [6, 6.07) is 10.5. The summed E-state index contributed by atoms with van der Waals surface area (Å²) in [6.07, 6.45) is 4.42. The Kier molecular flexibility index (Phi) is 8.33. The first kappa shape index (κ1) is 22.1. The van der Waals surface area contributed by atoms with Crippen LogP contribution in [0.5, 0.6) is 0 Å². The molecule has 0 fully saturated rings. The molecule has 0 radical (unpaired) electrons. The molecule has 0 aliphatic carbocycles. The second-order valence-electron chi connectivity index (χ2n) is 6.61. The van der Waals surface area contributed by atoms with Crippen LogP contribution in [0.4, 0.5) is 5.69 Å². The van der Waals surface area contributed by atoms with E-state index in [9.17, 15) is 14.4 Å². The van der Waals surface area contributed by atoms with Crippen LogP contribution >= 0.6 is 0 Å². The molecule has 7 nitrogen and oxygen atoms in total. The number of amides is 2. The quantitative estimate of drug-likeness (QED) is 0.608. The third-order valence-corrected chi connectivity index (χ3v) is 4.53. The Morgan fingerprint density at radius 2 is 1.66 bits per heavy atom. The molecule has 0 spiro atoms. The average Bonchev–Trinajstić information content (AvgIpc) is 2.73. The molecule has 0 unspecified atom stereocenters. The summed E-state index contributed by atoms with van der Waals surface area (Å²) in [5.74, 6) is -0.603. The van der Waals surface area contributed by atoms with Crippen molar-refractivity contribution in [1.82, 2.24) is 9.88 Å². The van der Waals surface area contributed by atoms with Crippen molar-refractivity contribution in [2.45, 2.75) is 26.7 Å². The van der Waals surface area contributed by atoms with Crippen molar-refractivity contribution >= 4 is 23.5 Å². The van der Waals surface area contributed by atoms with E-state index in [-0.39, 0.29) is 24.8 Å². The first-order valence-corrected chi connectivity index (χ1v) is 9.60. The SMILES string of the molecule is CCOC(=O)c1ccc(N(CCC(=O)N(C)CCc2ccncc2)C(C)=O)cc1. The van der Waals surface area contributed by atoms with Crippen LogP contribution in [0.3, 0.4) is 0 Å². The first-order chi connectivity index (χ1) is 13.9. The van der Waals surface area contributed by atoms with Gasteiger partial charge in [0.25, 0.3) is 0 Å². The molecule has 2 amide bonds. The topological polar surface area (TPSA) is 79.8 Å². The van der Waals surface area contributed by atoms with Gasteiger partial charge in [0.1, 0.15) is 0 Å². The van der Waals surface area contributed by atoms with Gasteiger partial charge in [-0.05, 0) is 55.3 Å². The van der Waals surface area contributed by atoms with Crippen LogP contribution in [0.2, 0.25) is 0 Å². The number of pyridine rings is 1. The van der Waals surface area contributed by atoms with Gasteiger partial charge in [-0.1, -0.05) is 0 Å². The average molecular weight is 397 g/mol. The van der Waals surface area contributed by atoms with E-state index in [2.05, 4.69) is 4.98 Å². The molecule has 0 atom stereocenters. The van der Waals surface area contributed by atoms with Gasteiger partial charge >= 0.3 is 5.97 Å². The summed E-state index contributed by atoms with van der Waals surface area (Å²) in [7, 11) is 1.76. The van der Waals surface area contributed by atoms with E-state index in [0.29, 0.717) is 24.4 Å². The molecule has 0 N–H and O–H groups in total. The van der Waals surface area contributed by atoms with E-state index in [1.807, 2.05) is 12.1 Å². The van der Waals surface area contributed by atoms with Gasteiger partial charge in [0, 0.05) is 51.6 Å². The van der Waals surface area contributed by atoms with E-state index in [1.165, 1.54) is 11.8 Å². The lowest BCUT2D eigenvalue weighted by molar-refractivity contribution is -0.129. The van der Waals surface area contributed by atoms with Crippen molar-refractivity contribution in [1.29, 1.82) is 0 Å². The van der Waals surface area contributed by atoms with Gasteiger partial charge in [0.15, 0.2) is 0 Å². The molecule has 1 aromatic heterocycles. The lowest BCUT2D eigenvalue weighted by Crippen LogP contribution is -2.35. The van der Waals surface area contributed by atoms with E-state index in [1.54, 1.807) is 55.5 Å². The Labute approximate surface area is 171 Å². The van der Waals surface area contributed by atoms with E-state index in [4.69, 9.17) is 4.74 Å². The standard InChI is InChI=1S/C22H27N3O4/c1-4-29-22(28)19-5-7-20(8-6-19)25(17(2)26)16-12-21(27)24(3)15-11-18-9-13-23-14-10-18/h5-10,13-14H,4,11-12,15-16H2,1-3H3. The van der Waals surface area contributed by atoms with Crippen LogP contribution in [0.25, 0.3) is 0 Å². The number of hydrogen-bond donors (Lipinski definition) is 0. The second kappa shape index (κ2) is 10.9. The van der Waals surface area contributed by atoms with E-state index >= 15 is 0 Å². The fourth-order valence-electron chi connectivity index (χ4n) is 2.83. The van der Waals surface area contributed by atoms with Crippen molar-refractivity contribution in [2.24, 2.45) is 0 Å². The smallest absolute Gasteiger partial charge is 0.338 e.